The van der Waals surface area contributed by atoms with Gasteiger partial charge in [0.05, 0.1) is 0 Å². The van der Waals surface area contributed by atoms with E-state index in [0.29, 0.717) is 0 Å². The summed E-state index contributed by atoms with van der Waals surface area (Å²) in [5, 5.41) is 0. The van der Waals surface area contributed by atoms with Gasteiger partial charge >= 0.3 is 0 Å². The van der Waals surface area contributed by atoms with E-state index in [-0.39, 0.29) is 49.6 Å². The van der Waals surface area contributed by atoms with E-state index < -0.39 is 0 Å². The summed E-state index contributed by atoms with van der Waals surface area (Å²) in [5.41, 5.74) is 5.37. The fraction of sp³-hybridized carbons (Fsp3) is 1.00. The first-order chi connectivity index (χ1) is 4.91. The van der Waals surface area contributed by atoms with Gasteiger partial charge in [-0.3, -0.25) is 0 Å². The predicted octanol–water partition coefficient (Wildman–Crippen LogP) is 4.38. The lowest BCUT2D eigenvalue weighted by atomic mass is 10.1. The first kappa shape index (κ1) is 29.4. The van der Waals surface area contributed by atoms with E-state index in [4.69, 9.17) is 5.73 Å². The third-order valence-corrected chi connectivity index (χ3v) is 1.81. The van der Waals surface area contributed by atoms with Crippen LogP contribution in [0.4, 0.5) is 0 Å². The van der Waals surface area contributed by atoms with Crippen LogP contribution in [0.15, 0.2) is 0 Å². The molecule has 0 spiro atoms. The molecule has 0 saturated carbocycles. The second-order valence-electron chi connectivity index (χ2n) is 2.91. The second-order valence-corrected chi connectivity index (χ2v) is 2.91. The lowest BCUT2D eigenvalue weighted by Gasteiger charge is -1.97. The van der Waals surface area contributed by atoms with Crippen molar-refractivity contribution in [2.45, 2.75) is 51.9 Å². The van der Waals surface area contributed by atoms with Gasteiger partial charge in [-0.15, -0.1) is 49.6 Å². The van der Waals surface area contributed by atoms with Gasteiger partial charge in [-0.2, -0.15) is 0 Å². The molecular weight excluding hydrogens is 264 g/mol. The van der Waals surface area contributed by atoms with Crippen molar-refractivity contribution in [2.75, 3.05) is 6.54 Å². The van der Waals surface area contributed by atoms with Gasteiger partial charge in [-0.1, -0.05) is 45.4 Å². The van der Waals surface area contributed by atoms with Gasteiger partial charge in [0.25, 0.3) is 0 Å². The van der Waals surface area contributed by atoms with Crippen LogP contribution < -0.4 is 5.73 Å². The molecule has 0 aromatic carbocycles. The van der Waals surface area contributed by atoms with Crippen LogP contribution in [0.3, 0.4) is 0 Å². The summed E-state index contributed by atoms with van der Waals surface area (Å²) in [6.45, 7) is 3.12. The molecule has 0 aliphatic heterocycles. The van der Waals surface area contributed by atoms with Crippen LogP contribution in [0.2, 0.25) is 0 Å². The van der Waals surface area contributed by atoms with Crippen LogP contribution in [-0.2, 0) is 0 Å². The van der Waals surface area contributed by atoms with Crippen molar-refractivity contribution in [1.29, 1.82) is 0 Å². The SMILES string of the molecule is CCCCCCCCCN.Cl.Cl.Cl.Cl. The van der Waals surface area contributed by atoms with E-state index in [1.165, 1.54) is 44.9 Å². The molecule has 0 rings (SSSR count). The molecular formula is C9H25Cl4N. The number of hydrogen-bond acceptors (Lipinski definition) is 1. The van der Waals surface area contributed by atoms with Gasteiger partial charge in [0.1, 0.15) is 0 Å². The molecule has 0 amide bonds. The van der Waals surface area contributed by atoms with Crippen molar-refractivity contribution in [3.63, 3.8) is 0 Å². The Morgan fingerprint density at radius 3 is 1.36 bits per heavy atom. The fourth-order valence-electron chi connectivity index (χ4n) is 1.10. The van der Waals surface area contributed by atoms with E-state index in [2.05, 4.69) is 6.92 Å². The Morgan fingerprint density at radius 2 is 1.00 bits per heavy atom. The molecule has 94 valence electrons. The summed E-state index contributed by atoms with van der Waals surface area (Å²) in [6.07, 6.45) is 9.51. The zero-order valence-electron chi connectivity index (χ0n) is 8.87. The normalized spacial score (nSPS) is 7.29. The molecule has 0 aliphatic carbocycles. The minimum Gasteiger partial charge on any atom is -0.330 e. The van der Waals surface area contributed by atoms with Crippen LogP contribution in [0.5, 0.6) is 0 Å². The first-order valence-electron chi connectivity index (χ1n) is 4.62. The summed E-state index contributed by atoms with van der Waals surface area (Å²) in [7, 11) is 0. The lowest BCUT2D eigenvalue weighted by Crippen LogP contribution is -1.97. The standard InChI is InChI=1S/C9H21N.4ClH/c1-2-3-4-5-6-7-8-9-10;;;;/h2-10H2,1H3;4*1H. The highest BCUT2D eigenvalue weighted by atomic mass is 35.5. The van der Waals surface area contributed by atoms with Gasteiger partial charge in [0.2, 0.25) is 0 Å². The van der Waals surface area contributed by atoms with Gasteiger partial charge in [-0.05, 0) is 13.0 Å². The highest BCUT2D eigenvalue weighted by Gasteiger charge is 1.87. The van der Waals surface area contributed by atoms with Gasteiger partial charge in [-0.25, -0.2) is 0 Å². The molecule has 0 fully saturated rings. The fourth-order valence-corrected chi connectivity index (χ4v) is 1.10. The number of hydrogen-bond donors (Lipinski definition) is 1. The molecule has 14 heavy (non-hydrogen) atoms. The number of unbranched alkanes of at least 4 members (excludes halogenated alkanes) is 6. The molecule has 0 saturated heterocycles. The average molecular weight is 289 g/mol. The maximum atomic E-state index is 5.37. The Bertz CT molecular complexity index is 56.8. The van der Waals surface area contributed by atoms with Gasteiger partial charge < -0.3 is 5.73 Å². The molecule has 0 aromatic heterocycles. The maximum absolute atomic E-state index is 5.37. The topological polar surface area (TPSA) is 26.0 Å². The summed E-state index contributed by atoms with van der Waals surface area (Å²) in [4.78, 5) is 0. The zero-order valence-corrected chi connectivity index (χ0v) is 12.1. The Morgan fingerprint density at radius 1 is 0.643 bits per heavy atom. The molecule has 1 nitrogen and oxygen atoms in total. The molecule has 0 aromatic rings. The van der Waals surface area contributed by atoms with Crippen molar-refractivity contribution in [3.8, 4) is 0 Å². The minimum absolute atomic E-state index is 0. The van der Waals surface area contributed by atoms with E-state index in [1.54, 1.807) is 0 Å². The number of halogens is 4. The molecule has 0 radical (unpaired) electrons. The average Bonchev–Trinajstić information content (AvgIpc) is 1.97. The minimum atomic E-state index is 0. The summed E-state index contributed by atoms with van der Waals surface area (Å²) in [5.74, 6) is 0. The Kier molecular flexibility index (Phi) is 61.4. The lowest BCUT2D eigenvalue weighted by molar-refractivity contribution is 0.593. The van der Waals surface area contributed by atoms with Crippen LogP contribution in [0.25, 0.3) is 0 Å². The molecule has 0 unspecified atom stereocenters. The molecule has 0 aliphatic rings. The van der Waals surface area contributed by atoms with Crippen molar-refractivity contribution < 1.29 is 0 Å². The monoisotopic (exact) mass is 287 g/mol. The quantitative estimate of drug-likeness (QED) is 0.691. The molecule has 5 heteroatoms. The third kappa shape index (κ3) is 29.2. The summed E-state index contributed by atoms with van der Waals surface area (Å²) >= 11 is 0. The smallest absolute Gasteiger partial charge is 0.00773 e. The highest BCUT2D eigenvalue weighted by molar-refractivity contribution is 5.86. The van der Waals surface area contributed by atoms with Crippen molar-refractivity contribution in [3.05, 3.63) is 0 Å². The van der Waals surface area contributed by atoms with Crippen LogP contribution in [-0.4, -0.2) is 6.54 Å². The van der Waals surface area contributed by atoms with Crippen molar-refractivity contribution >= 4 is 49.6 Å². The number of nitrogens with two attached hydrogens (primary N) is 1. The zero-order chi connectivity index (χ0) is 7.66. The van der Waals surface area contributed by atoms with E-state index >= 15 is 0 Å². The molecule has 0 heterocycles. The Balaban J connectivity index is -0.0000000675. The van der Waals surface area contributed by atoms with Gasteiger partial charge in [0.15, 0.2) is 0 Å². The maximum Gasteiger partial charge on any atom is -0.00773 e. The van der Waals surface area contributed by atoms with E-state index in [0.717, 1.165) is 6.54 Å². The largest absolute Gasteiger partial charge is 0.330 e. The number of rotatable bonds is 7. The second kappa shape index (κ2) is 29.2. The van der Waals surface area contributed by atoms with Crippen LogP contribution >= 0.6 is 49.6 Å². The van der Waals surface area contributed by atoms with Gasteiger partial charge in [0, 0.05) is 0 Å². The summed E-state index contributed by atoms with van der Waals surface area (Å²) in [6, 6.07) is 0. The van der Waals surface area contributed by atoms with Crippen molar-refractivity contribution in [2.24, 2.45) is 5.73 Å². The Labute approximate surface area is 114 Å². The van der Waals surface area contributed by atoms with Crippen molar-refractivity contribution in [1.82, 2.24) is 0 Å². The van der Waals surface area contributed by atoms with E-state index in [9.17, 15) is 0 Å². The van der Waals surface area contributed by atoms with Crippen LogP contribution in [0, 0.1) is 0 Å². The predicted molar refractivity (Wildman–Crippen MR) is 76.0 cm³/mol. The molecule has 2 N–H and O–H groups in total. The first-order valence-corrected chi connectivity index (χ1v) is 4.62. The molecule has 0 atom stereocenters. The highest BCUT2D eigenvalue weighted by Crippen LogP contribution is 2.05. The van der Waals surface area contributed by atoms with Crippen LogP contribution in [0.1, 0.15) is 51.9 Å². The van der Waals surface area contributed by atoms with E-state index in [1.807, 2.05) is 0 Å². The summed E-state index contributed by atoms with van der Waals surface area (Å²) < 4.78 is 0. The third-order valence-electron chi connectivity index (χ3n) is 1.81. The molecule has 0 bridgehead atoms. The Hall–Kier alpha value is 1.12.